The van der Waals surface area contributed by atoms with Gasteiger partial charge in [-0.05, 0) is 18.6 Å². The number of aromatic nitrogens is 3. The second-order valence-electron chi connectivity index (χ2n) is 3.49. The zero-order chi connectivity index (χ0) is 11.7. The van der Waals surface area contributed by atoms with E-state index < -0.39 is 5.97 Å². The number of carboxylic acid groups (broad SMARTS) is 1. The minimum Gasteiger partial charge on any atom is -0.481 e. The Labute approximate surface area is 96.5 Å². The van der Waals surface area contributed by atoms with Crippen LogP contribution in [0.15, 0.2) is 17.4 Å². The summed E-state index contributed by atoms with van der Waals surface area (Å²) in [7, 11) is 1.84. The standard InChI is InChI=1S/C10H11N3O2S/c1-6-3-7-9(11-4-6)13(2)10(12-7)16-5-8(14)15/h3-4H,5H2,1-2H3,(H,14,15). The fourth-order valence-electron chi connectivity index (χ4n) is 1.41. The molecule has 6 heteroatoms. The Bertz CT molecular complexity index is 550. The lowest BCUT2D eigenvalue weighted by Crippen LogP contribution is -2.00. The third-order valence-electron chi connectivity index (χ3n) is 2.13. The normalized spacial score (nSPS) is 10.9. The minimum atomic E-state index is -0.846. The number of pyridine rings is 1. The quantitative estimate of drug-likeness (QED) is 0.818. The lowest BCUT2D eigenvalue weighted by Gasteiger charge is -1.98. The number of thioether (sulfide) groups is 1. The smallest absolute Gasteiger partial charge is 0.313 e. The molecule has 2 aromatic rings. The molecule has 2 heterocycles. The van der Waals surface area contributed by atoms with Gasteiger partial charge in [-0.2, -0.15) is 0 Å². The molecule has 16 heavy (non-hydrogen) atoms. The maximum atomic E-state index is 10.5. The molecule has 0 atom stereocenters. The van der Waals surface area contributed by atoms with Gasteiger partial charge in [-0.3, -0.25) is 4.79 Å². The number of aryl methyl sites for hydroxylation is 2. The maximum absolute atomic E-state index is 10.5. The van der Waals surface area contributed by atoms with Crippen molar-refractivity contribution in [3.05, 3.63) is 17.8 Å². The third-order valence-corrected chi connectivity index (χ3v) is 3.14. The molecule has 0 aliphatic heterocycles. The van der Waals surface area contributed by atoms with E-state index in [1.54, 1.807) is 6.20 Å². The topological polar surface area (TPSA) is 68.0 Å². The largest absolute Gasteiger partial charge is 0.481 e. The number of hydrogen-bond acceptors (Lipinski definition) is 4. The molecule has 0 saturated heterocycles. The summed E-state index contributed by atoms with van der Waals surface area (Å²) in [6.07, 6.45) is 1.77. The predicted octanol–water partition coefficient (Wildman–Crippen LogP) is 1.45. The summed E-state index contributed by atoms with van der Waals surface area (Å²) >= 11 is 1.20. The van der Waals surface area contributed by atoms with E-state index in [-0.39, 0.29) is 5.75 Å². The van der Waals surface area contributed by atoms with Crippen molar-refractivity contribution in [2.45, 2.75) is 12.1 Å². The first-order valence-corrected chi connectivity index (χ1v) is 5.70. The van der Waals surface area contributed by atoms with Crippen LogP contribution in [0, 0.1) is 6.92 Å². The molecule has 2 aromatic heterocycles. The van der Waals surface area contributed by atoms with E-state index in [0.717, 1.165) is 16.7 Å². The molecule has 0 aromatic carbocycles. The van der Waals surface area contributed by atoms with Crippen molar-refractivity contribution in [3.8, 4) is 0 Å². The van der Waals surface area contributed by atoms with E-state index in [1.807, 2.05) is 24.6 Å². The van der Waals surface area contributed by atoms with Gasteiger partial charge in [0.15, 0.2) is 10.8 Å². The molecule has 2 rings (SSSR count). The highest BCUT2D eigenvalue weighted by molar-refractivity contribution is 7.99. The van der Waals surface area contributed by atoms with Crippen molar-refractivity contribution in [2.24, 2.45) is 7.05 Å². The van der Waals surface area contributed by atoms with Gasteiger partial charge in [-0.15, -0.1) is 0 Å². The number of rotatable bonds is 3. The summed E-state index contributed by atoms with van der Waals surface area (Å²) in [5, 5.41) is 9.29. The molecule has 5 nitrogen and oxygen atoms in total. The Hall–Kier alpha value is -1.56. The molecule has 0 amide bonds. The molecule has 1 N–H and O–H groups in total. The van der Waals surface area contributed by atoms with E-state index in [2.05, 4.69) is 9.97 Å². The molecule has 0 radical (unpaired) electrons. The summed E-state index contributed by atoms with van der Waals surface area (Å²) < 4.78 is 1.81. The van der Waals surface area contributed by atoms with Crippen LogP contribution in [-0.4, -0.2) is 31.4 Å². The summed E-state index contributed by atoms with van der Waals surface area (Å²) in [5.74, 6) is -0.836. The molecule has 0 spiro atoms. The zero-order valence-electron chi connectivity index (χ0n) is 8.97. The van der Waals surface area contributed by atoms with E-state index in [9.17, 15) is 4.79 Å². The molecular formula is C10H11N3O2S. The number of fused-ring (bicyclic) bond motifs is 1. The monoisotopic (exact) mass is 237 g/mol. The van der Waals surface area contributed by atoms with Crippen LogP contribution in [0.4, 0.5) is 0 Å². The second-order valence-corrected chi connectivity index (χ2v) is 4.43. The van der Waals surface area contributed by atoms with Crippen molar-refractivity contribution in [1.29, 1.82) is 0 Å². The third kappa shape index (κ3) is 2.01. The summed E-state index contributed by atoms with van der Waals surface area (Å²) in [4.78, 5) is 19.1. The highest BCUT2D eigenvalue weighted by Gasteiger charge is 2.10. The molecule has 0 aliphatic rings. The van der Waals surface area contributed by atoms with Crippen LogP contribution in [0.3, 0.4) is 0 Å². The van der Waals surface area contributed by atoms with Crippen LogP contribution in [0.25, 0.3) is 11.2 Å². The fraction of sp³-hybridized carbons (Fsp3) is 0.300. The van der Waals surface area contributed by atoms with Crippen molar-refractivity contribution in [1.82, 2.24) is 14.5 Å². The Morgan fingerprint density at radius 3 is 3.06 bits per heavy atom. The maximum Gasteiger partial charge on any atom is 0.313 e. The van der Waals surface area contributed by atoms with Crippen LogP contribution in [0.2, 0.25) is 0 Å². The van der Waals surface area contributed by atoms with Crippen molar-refractivity contribution < 1.29 is 9.90 Å². The first-order chi connectivity index (χ1) is 7.58. The van der Waals surface area contributed by atoms with E-state index in [4.69, 9.17) is 5.11 Å². The average molecular weight is 237 g/mol. The number of imidazole rings is 1. The number of carboxylic acids is 1. The highest BCUT2D eigenvalue weighted by Crippen LogP contribution is 2.21. The highest BCUT2D eigenvalue weighted by atomic mass is 32.2. The molecule has 0 saturated carbocycles. The van der Waals surface area contributed by atoms with Crippen molar-refractivity contribution >= 4 is 28.9 Å². The second kappa shape index (κ2) is 4.13. The molecule has 0 aliphatic carbocycles. The molecule has 84 valence electrons. The van der Waals surface area contributed by atoms with E-state index >= 15 is 0 Å². The summed E-state index contributed by atoms with van der Waals surface area (Å²) in [6.45, 7) is 1.95. The van der Waals surface area contributed by atoms with Gasteiger partial charge in [0.2, 0.25) is 0 Å². The van der Waals surface area contributed by atoms with Crippen LogP contribution >= 0.6 is 11.8 Å². The Kier molecular flexibility index (Phi) is 2.82. The SMILES string of the molecule is Cc1cnc2c(c1)nc(SCC(=O)O)n2C. The van der Waals surface area contributed by atoms with Crippen LogP contribution in [0.1, 0.15) is 5.56 Å². The summed E-state index contributed by atoms with van der Waals surface area (Å²) in [6, 6.07) is 1.94. The number of hydrogen-bond donors (Lipinski definition) is 1. The molecular weight excluding hydrogens is 226 g/mol. The van der Waals surface area contributed by atoms with Crippen LogP contribution in [-0.2, 0) is 11.8 Å². The number of carbonyl (C=O) groups is 1. The Morgan fingerprint density at radius 1 is 1.62 bits per heavy atom. The van der Waals surface area contributed by atoms with Crippen LogP contribution < -0.4 is 0 Å². The van der Waals surface area contributed by atoms with Gasteiger partial charge >= 0.3 is 5.97 Å². The number of nitrogens with zero attached hydrogens (tertiary/aromatic N) is 3. The Morgan fingerprint density at radius 2 is 2.38 bits per heavy atom. The van der Waals surface area contributed by atoms with Crippen molar-refractivity contribution in [2.75, 3.05) is 5.75 Å². The van der Waals surface area contributed by atoms with Gasteiger partial charge in [-0.25, -0.2) is 9.97 Å². The molecule has 0 fully saturated rings. The lowest BCUT2D eigenvalue weighted by atomic mass is 10.3. The number of aliphatic carboxylic acids is 1. The van der Waals surface area contributed by atoms with Gasteiger partial charge in [0.25, 0.3) is 0 Å². The van der Waals surface area contributed by atoms with Gasteiger partial charge in [0.05, 0.1) is 5.75 Å². The van der Waals surface area contributed by atoms with Gasteiger partial charge < -0.3 is 9.67 Å². The van der Waals surface area contributed by atoms with Crippen molar-refractivity contribution in [3.63, 3.8) is 0 Å². The Balaban J connectivity index is 2.39. The fourth-order valence-corrected chi connectivity index (χ4v) is 2.11. The summed E-state index contributed by atoms with van der Waals surface area (Å²) in [5.41, 5.74) is 2.62. The molecule has 0 bridgehead atoms. The first kappa shape index (κ1) is 10.9. The van der Waals surface area contributed by atoms with E-state index in [1.165, 1.54) is 11.8 Å². The van der Waals surface area contributed by atoms with Gasteiger partial charge in [0, 0.05) is 13.2 Å². The van der Waals surface area contributed by atoms with Gasteiger partial charge in [-0.1, -0.05) is 11.8 Å². The van der Waals surface area contributed by atoms with Gasteiger partial charge in [0.1, 0.15) is 5.52 Å². The van der Waals surface area contributed by atoms with Crippen LogP contribution in [0.5, 0.6) is 0 Å². The molecule has 0 unspecified atom stereocenters. The lowest BCUT2D eigenvalue weighted by molar-refractivity contribution is -0.133. The minimum absolute atomic E-state index is 0.0101. The van der Waals surface area contributed by atoms with E-state index in [0.29, 0.717) is 5.16 Å². The average Bonchev–Trinajstić information content (AvgIpc) is 2.52. The first-order valence-electron chi connectivity index (χ1n) is 4.71. The zero-order valence-corrected chi connectivity index (χ0v) is 9.78. The predicted molar refractivity (Wildman–Crippen MR) is 61.6 cm³/mol.